The van der Waals surface area contributed by atoms with Gasteiger partial charge in [0.1, 0.15) is 0 Å². The van der Waals surface area contributed by atoms with Crippen molar-refractivity contribution in [1.29, 1.82) is 5.26 Å². The Morgan fingerprint density at radius 2 is 1.66 bits per heavy atom. The van der Waals surface area contributed by atoms with Crippen molar-refractivity contribution < 1.29 is 23.8 Å². The summed E-state index contributed by atoms with van der Waals surface area (Å²) >= 11 is 7.09. The average Bonchev–Trinajstić information content (AvgIpc) is 3.38. The maximum absolute atomic E-state index is 13.4. The molecule has 2 aromatic carbocycles. The van der Waals surface area contributed by atoms with Gasteiger partial charge >= 0.3 is 5.97 Å². The number of hydrogen-bond donors (Lipinski definition) is 0. The molecule has 0 amide bonds. The second kappa shape index (κ2) is 11.7. The van der Waals surface area contributed by atoms with Gasteiger partial charge in [-0.15, -0.1) is 0 Å². The molecule has 4 saturated carbocycles. The third-order valence-corrected chi connectivity index (χ3v) is 12.4. The Morgan fingerprint density at radius 1 is 1.00 bits per heavy atom. The van der Waals surface area contributed by atoms with E-state index in [2.05, 4.69) is 31.7 Å². The van der Waals surface area contributed by atoms with Gasteiger partial charge in [-0.3, -0.25) is 4.79 Å². The van der Waals surface area contributed by atoms with Crippen LogP contribution in [0.1, 0.15) is 63.0 Å². The maximum atomic E-state index is 13.4. The largest absolute Gasteiger partial charge is 0.467 e. The summed E-state index contributed by atoms with van der Waals surface area (Å²) in [6.45, 7) is 8.07. The minimum atomic E-state index is -1.76. The lowest BCUT2D eigenvalue weighted by Crippen LogP contribution is -2.69. The Hall–Kier alpha value is -2.98. The molecule has 8 atom stereocenters. The van der Waals surface area contributed by atoms with Crippen LogP contribution >= 0.6 is 11.6 Å². The van der Waals surface area contributed by atoms with Crippen LogP contribution in [0.5, 0.6) is 0 Å². The van der Waals surface area contributed by atoms with Crippen molar-refractivity contribution in [2.24, 2.45) is 34.0 Å². The fourth-order valence-electron chi connectivity index (χ4n) is 9.89. The van der Waals surface area contributed by atoms with Crippen LogP contribution in [0.3, 0.4) is 0 Å². The molecule has 4 fully saturated rings. The number of nitriles is 1. The van der Waals surface area contributed by atoms with Crippen LogP contribution in [-0.2, 0) is 37.0 Å². The highest BCUT2D eigenvalue weighted by Crippen LogP contribution is 2.73. The molecule has 0 N–H and O–H groups in total. The lowest BCUT2D eigenvalue weighted by atomic mass is 9.37. The van der Waals surface area contributed by atoms with Crippen LogP contribution in [0.2, 0.25) is 0 Å². The fraction of sp³-hybridized carbons (Fsp3) is 0.541. The molecule has 0 saturated heterocycles. The summed E-state index contributed by atoms with van der Waals surface area (Å²) in [4.78, 5) is 24.8. The van der Waals surface area contributed by atoms with E-state index in [9.17, 15) is 14.9 Å². The number of ketones is 1. The highest BCUT2D eigenvalue weighted by atomic mass is 35.5. The zero-order valence-corrected chi connectivity index (χ0v) is 26.5. The maximum Gasteiger partial charge on any atom is 0.334 e. The van der Waals surface area contributed by atoms with Gasteiger partial charge in [-0.05, 0) is 61.0 Å². The van der Waals surface area contributed by atoms with E-state index in [4.69, 9.17) is 25.8 Å². The molecule has 0 radical (unpaired) electrons. The Labute approximate surface area is 265 Å². The molecule has 8 unspecified atom stereocenters. The first-order valence-electron chi connectivity index (χ1n) is 15.8. The van der Waals surface area contributed by atoms with Gasteiger partial charge in [0.25, 0.3) is 0 Å². The first kappa shape index (κ1) is 31.0. The third kappa shape index (κ3) is 4.66. The molecule has 7 heteroatoms. The summed E-state index contributed by atoms with van der Waals surface area (Å²) in [5.41, 5.74) is 1.51. The summed E-state index contributed by atoms with van der Waals surface area (Å²) in [6, 6.07) is 23.1. The molecule has 6 rings (SSSR count). The Morgan fingerprint density at radius 3 is 2.30 bits per heavy atom. The number of carbonyl (C=O) groups is 2. The molecule has 6 nitrogen and oxygen atoms in total. The third-order valence-electron chi connectivity index (χ3n) is 11.8. The highest BCUT2D eigenvalue weighted by molar-refractivity contribution is 6.46. The van der Waals surface area contributed by atoms with Crippen LogP contribution in [0.15, 0.2) is 72.8 Å². The number of benzene rings is 2. The summed E-state index contributed by atoms with van der Waals surface area (Å²) in [7, 11) is 1.29. The van der Waals surface area contributed by atoms with Gasteiger partial charge in [-0.1, -0.05) is 91.3 Å². The van der Waals surface area contributed by atoms with Gasteiger partial charge in [0.05, 0.1) is 44.5 Å². The van der Waals surface area contributed by atoms with Crippen LogP contribution in [0, 0.1) is 45.3 Å². The molecule has 0 heterocycles. The van der Waals surface area contributed by atoms with Crippen molar-refractivity contribution >= 4 is 23.4 Å². The number of fused-ring (bicyclic) bond motifs is 5. The van der Waals surface area contributed by atoms with Crippen molar-refractivity contribution in [1.82, 2.24) is 0 Å². The van der Waals surface area contributed by atoms with Crippen LogP contribution in [0.4, 0.5) is 0 Å². The minimum absolute atomic E-state index is 0.0168. The predicted octanol–water partition coefficient (Wildman–Crippen LogP) is 7.20. The summed E-state index contributed by atoms with van der Waals surface area (Å²) < 4.78 is 18.5. The Balaban J connectivity index is 1.42. The standard InChI is InChI=1S/C37H42ClNO5/c1-25-14-15-30-35(23-39)19-16-29-34(2,18-17-31(40)37(29,38)33(41)42-3)32(35)28(44-22-27-12-8-5-9-13-27)20-36(25,30)24-43-21-26-10-6-4-7-11-26/h4-13,28-30,32H,1,14-22,24H2,2-3H3. The SMILES string of the molecule is C=C1CCC2C1(COCc1ccccc1)CC(OCc1ccccc1)C1C3(C)CCC(=O)C(Cl)(C(=O)OC)C3CCC21C#N. The molecule has 0 aliphatic heterocycles. The van der Waals surface area contributed by atoms with E-state index in [1.807, 2.05) is 48.5 Å². The molecule has 2 aromatic rings. The van der Waals surface area contributed by atoms with Crippen molar-refractivity contribution in [3.8, 4) is 6.07 Å². The van der Waals surface area contributed by atoms with Crippen molar-refractivity contribution in [3.05, 3.63) is 83.9 Å². The van der Waals surface area contributed by atoms with E-state index in [1.165, 1.54) is 7.11 Å². The molecule has 4 aliphatic rings. The van der Waals surface area contributed by atoms with E-state index < -0.39 is 33.0 Å². The Kier molecular flexibility index (Phi) is 8.28. The number of hydrogen-bond acceptors (Lipinski definition) is 6. The summed E-state index contributed by atoms with van der Waals surface area (Å²) in [5, 5.41) is 11.3. The van der Waals surface area contributed by atoms with Crippen molar-refractivity contribution in [2.75, 3.05) is 13.7 Å². The first-order valence-corrected chi connectivity index (χ1v) is 16.2. The van der Waals surface area contributed by atoms with Gasteiger partial charge < -0.3 is 14.2 Å². The van der Waals surface area contributed by atoms with Crippen LogP contribution in [0.25, 0.3) is 0 Å². The fourth-order valence-corrected chi connectivity index (χ4v) is 10.4. The van der Waals surface area contributed by atoms with Crippen LogP contribution < -0.4 is 0 Å². The second-order valence-corrected chi connectivity index (χ2v) is 14.3. The lowest BCUT2D eigenvalue weighted by Gasteiger charge is -2.66. The number of ether oxygens (including phenoxy) is 3. The number of methoxy groups -OCH3 is 1. The summed E-state index contributed by atoms with van der Waals surface area (Å²) in [5.74, 6) is -1.67. The summed E-state index contributed by atoms with van der Waals surface area (Å²) in [6.07, 6.45) is 3.74. The smallest absolute Gasteiger partial charge is 0.334 e. The van der Waals surface area contributed by atoms with E-state index >= 15 is 0 Å². The van der Waals surface area contributed by atoms with Gasteiger partial charge in [0.15, 0.2) is 5.78 Å². The number of esters is 1. The quantitative estimate of drug-likeness (QED) is 0.135. The van der Waals surface area contributed by atoms with E-state index in [0.717, 1.165) is 29.5 Å². The highest BCUT2D eigenvalue weighted by Gasteiger charge is 2.74. The Bertz CT molecular complexity index is 1450. The number of rotatable bonds is 8. The topological polar surface area (TPSA) is 85.6 Å². The van der Waals surface area contributed by atoms with E-state index in [0.29, 0.717) is 45.5 Å². The van der Waals surface area contributed by atoms with Crippen molar-refractivity contribution in [3.63, 3.8) is 0 Å². The molecule has 4 aliphatic carbocycles. The van der Waals surface area contributed by atoms with E-state index in [1.54, 1.807) is 0 Å². The predicted molar refractivity (Wildman–Crippen MR) is 167 cm³/mol. The van der Waals surface area contributed by atoms with Gasteiger partial charge in [-0.2, -0.15) is 5.26 Å². The van der Waals surface area contributed by atoms with Crippen LogP contribution in [-0.4, -0.2) is 36.4 Å². The zero-order chi connectivity index (χ0) is 31.2. The second-order valence-electron chi connectivity index (χ2n) is 13.7. The number of Topliss-reactive ketones (excluding diaryl/α,β-unsaturated/α-hetero) is 1. The molecule has 44 heavy (non-hydrogen) atoms. The normalized spacial score (nSPS) is 37.8. The number of nitrogens with zero attached hydrogens (tertiary/aromatic N) is 1. The molecule has 0 spiro atoms. The minimum Gasteiger partial charge on any atom is -0.467 e. The molecule has 232 valence electrons. The number of alkyl halides is 1. The monoisotopic (exact) mass is 615 g/mol. The van der Waals surface area contributed by atoms with Gasteiger partial charge in [0, 0.05) is 23.7 Å². The van der Waals surface area contributed by atoms with Crippen molar-refractivity contribution in [2.45, 2.75) is 76.1 Å². The number of halogens is 1. The number of carbonyl (C=O) groups excluding carboxylic acids is 2. The van der Waals surface area contributed by atoms with E-state index in [-0.39, 0.29) is 30.1 Å². The van der Waals surface area contributed by atoms with Gasteiger partial charge in [-0.25, -0.2) is 4.79 Å². The zero-order valence-electron chi connectivity index (χ0n) is 25.7. The van der Waals surface area contributed by atoms with Gasteiger partial charge in [0.2, 0.25) is 4.87 Å². The lowest BCUT2D eigenvalue weighted by molar-refractivity contribution is -0.220. The molecular weight excluding hydrogens is 574 g/mol. The molecule has 0 aromatic heterocycles. The first-order chi connectivity index (χ1) is 21.2. The average molecular weight is 616 g/mol. The molecule has 0 bridgehead atoms. The molecular formula is C37H42ClNO5.